The van der Waals surface area contributed by atoms with Crippen molar-refractivity contribution in [2.24, 2.45) is 0 Å². The summed E-state index contributed by atoms with van der Waals surface area (Å²) in [4.78, 5) is 15.6. The van der Waals surface area contributed by atoms with Gasteiger partial charge in [-0.15, -0.1) is 0 Å². The molecule has 116 valence electrons. The highest BCUT2D eigenvalue weighted by Gasteiger charge is 2.30. The van der Waals surface area contributed by atoms with E-state index in [-0.39, 0.29) is 5.91 Å². The number of benzene rings is 1. The molecule has 6 heteroatoms. The molecule has 1 amide bonds. The third-order valence-corrected chi connectivity index (χ3v) is 3.60. The van der Waals surface area contributed by atoms with Gasteiger partial charge in [0, 0.05) is 19.6 Å². The molecule has 1 aliphatic heterocycles. The number of nitrogens with zero attached hydrogens (tertiary/aromatic N) is 2. The standard InChI is InChI=1S/C15H19F3N2O/c1-19(11-14(21)20-8-2-3-9-20)10-12-4-6-13(7-5-12)15(16,17)18/h4-7H,2-3,8-11H2,1H3. The number of carbonyl (C=O) groups excluding carboxylic acids is 1. The van der Waals surface area contributed by atoms with Crippen LogP contribution in [0.1, 0.15) is 24.0 Å². The van der Waals surface area contributed by atoms with Crippen LogP contribution in [0, 0.1) is 0 Å². The highest BCUT2D eigenvalue weighted by molar-refractivity contribution is 5.78. The molecule has 1 heterocycles. The van der Waals surface area contributed by atoms with Gasteiger partial charge in [-0.25, -0.2) is 0 Å². The van der Waals surface area contributed by atoms with Crippen molar-refractivity contribution in [1.82, 2.24) is 9.80 Å². The number of amides is 1. The Morgan fingerprint density at radius 3 is 2.29 bits per heavy atom. The van der Waals surface area contributed by atoms with E-state index in [0.29, 0.717) is 13.1 Å². The number of likely N-dealkylation sites (N-methyl/N-ethyl adjacent to an activating group) is 1. The number of rotatable bonds is 4. The molecule has 2 rings (SSSR count). The predicted octanol–water partition coefficient (Wildman–Crippen LogP) is 2.76. The summed E-state index contributed by atoms with van der Waals surface area (Å²) in [5.74, 6) is 0.0851. The summed E-state index contributed by atoms with van der Waals surface area (Å²) in [6, 6.07) is 5.07. The van der Waals surface area contributed by atoms with Gasteiger partial charge in [0.25, 0.3) is 0 Å². The minimum atomic E-state index is -4.31. The van der Waals surface area contributed by atoms with Crippen LogP contribution in [0.5, 0.6) is 0 Å². The van der Waals surface area contributed by atoms with Crippen LogP contribution in [-0.2, 0) is 17.5 Å². The molecule has 0 radical (unpaired) electrons. The van der Waals surface area contributed by atoms with Crippen LogP contribution in [0.4, 0.5) is 13.2 Å². The molecule has 1 aliphatic rings. The van der Waals surface area contributed by atoms with Gasteiger partial charge in [-0.05, 0) is 37.6 Å². The normalized spacial score (nSPS) is 15.8. The first-order chi connectivity index (χ1) is 9.86. The minimum Gasteiger partial charge on any atom is -0.342 e. The van der Waals surface area contributed by atoms with E-state index < -0.39 is 11.7 Å². The molecule has 0 aromatic heterocycles. The number of alkyl halides is 3. The molecule has 0 atom stereocenters. The Kier molecular flexibility index (Phi) is 4.88. The Labute approximate surface area is 122 Å². The SMILES string of the molecule is CN(CC(=O)N1CCCC1)Cc1ccc(C(F)(F)F)cc1. The quantitative estimate of drug-likeness (QED) is 0.853. The van der Waals surface area contributed by atoms with Gasteiger partial charge in [0.2, 0.25) is 5.91 Å². The first-order valence-corrected chi connectivity index (χ1v) is 6.99. The molecule has 0 spiro atoms. The second-order valence-corrected chi connectivity index (χ2v) is 5.45. The van der Waals surface area contributed by atoms with Gasteiger partial charge >= 0.3 is 6.18 Å². The Morgan fingerprint density at radius 1 is 1.19 bits per heavy atom. The average Bonchev–Trinajstić information content (AvgIpc) is 2.92. The smallest absolute Gasteiger partial charge is 0.342 e. The fourth-order valence-electron chi connectivity index (χ4n) is 2.46. The molecule has 0 unspecified atom stereocenters. The molecule has 0 N–H and O–H groups in total. The van der Waals surface area contributed by atoms with Gasteiger partial charge in [0.15, 0.2) is 0 Å². The van der Waals surface area contributed by atoms with Crippen LogP contribution < -0.4 is 0 Å². The second kappa shape index (κ2) is 6.47. The first kappa shape index (κ1) is 15.8. The maximum Gasteiger partial charge on any atom is 0.416 e. The van der Waals surface area contributed by atoms with Crippen molar-refractivity contribution in [3.8, 4) is 0 Å². The molecule has 1 aromatic rings. The van der Waals surface area contributed by atoms with E-state index in [0.717, 1.165) is 43.6 Å². The highest BCUT2D eigenvalue weighted by atomic mass is 19.4. The fraction of sp³-hybridized carbons (Fsp3) is 0.533. The lowest BCUT2D eigenvalue weighted by molar-refractivity contribution is -0.137. The van der Waals surface area contributed by atoms with Crippen molar-refractivity contribution in [2.75, 3.05) is 26.7 Å². The van der Waals surface area contributed by atoms with E-state index in [1.165, 1.54) is 12.1 Å². The van der Waals surface area contributed by atoms with E-state index in [1.54, 1.807) is 7.05 Å². The number of carbonyl (C=O) groups is 1. The Bertz CT molecular complexity index is 479. The van der Waals surface area contributed by atoms with Crippen molar-refractivity contribution >= 4 is 5.91 Å². The number of hydrogen-bond acceptors (Lipinski definition) is 2. The molecular formula is C15H19F3N2O. The van der Waals surface area contributed by atoms with E-state index in [2.05, 4.69) is 0 Å². The third kappa shape index (κ3) is 4.46. The number of halogens is 3. The van der Waals surface area contributed by atoms with Crippen molar-refractivity contribution < 1.29 is 18.0 Å². The van der Waals surface area contributed by atoms with E-state index in [1.807, 2.05) is 9.80 Å². The van der Waals surface area contributed by atoms with Gasteiger partial charge in [-0.2, -0.15) is 13.2 Å². The largest absolute Gasteiger partial charge is 0.416 e. The summed E-state index contributed by atoms with van der Waals surface area (Å²) in [6.07, 6.45) is -2.21. The molecule has 0 bridgehead atoms. The Balaban J connectivity index is 1.87. The zero-order valence-electron chi connectivity index (χ0n) is 12.0. The molecule has 0 aliphatic carbocycles. The van der Waals surface area contributed by atoms with E-state index in [9.17, 15) is 18.0 Å². The van der Waals surface area contributed by atoms with Gasteiger partial charge in [0.05, 0.1) is 12.1 Å². The van der Waals surface area contributed by atoms with Crippen molar-refractivity contribution in [3.63, 3.8) is 0 Å². The maximum atomic E-state index is 12.5. The summed E-state index contributed by atoms with van der Waals surface area (Å²) < 4.78 is 37.4. The average molecular weight is 300 g/mol. The van der Waals surface area contributed by atoms with Crippen LogP contribution in [-0.4, -0.2) is 42.4 Å². The lowest BCUT2D eigenvalue weighted by Crippen LogP contribution is -2.36. The zero-order valence-corrected chi connectivity index (χ0v) is 12.0. The summed E-state index contributed by atoms with van der Waals surface area (Å²) in [6.45, 7) is 2.37. The van der Waals surface area contributed by atoms with Crippen LogP contribution in [0.2, 0.25) is 0 Å². The molecule has 1 aromatic carbocycles. The van der Waals surface area contributed by atoms with Crippen LogP contribution in [0.15, 0.2) is 24.3 Å². The topological polar surface area (TPSA) is 23.6 Å². The van der Waals surface area contributed by atoms with Gasteiger partial charge < -0.3 is 4.90 Å². The molecular weight excluding hydrogens is 281 g/mol. The third-order valence-electron chi connectivity index (χ3n) is 3.60. The molecule has 3 nitrogen and oxygen atoms in total. The molecule has 1 fully saturated rings. The highest BCUT2D eigenvalue weighted by Crippen LogP contribution is 2.29. The predicted molar refractivity (Wildman–Crippen MR) is 73.6 cm³/mol. The zero-order chi connectivity index (χ0) is 15.5. The van der Waals surface area contributed by atoms with Gasteiger partial charge in [-0.3, -0.25) is 9.69 Å². The van der Waals surface area contributed by atoms with Crippen LogP contribution in [0.3, 0.4) is 0 Å². The van der Waals surface area contributed by atoms with E-state index >= 15 is 0 Å². The van der Waals surface area contributed by atoms with Crippen molar-refractivity contribution in [3.05, 3.63) is 35.4 Å². The summed E-state index contributed by atoms with van der Waals surface area (Å²) >= 11 is 0. The van der Waals surface area contributed by atoms with Crippen molar-refractivity contribution in [2.45, 2.75) is 25.6 Å². The lowest BCUT2D eigenvalue weighted by atomic mass is 10.1. The van der Waals surface area contributed by atoms with Gasteiger partial charge in [0.1, 0.15) is 0 Å². The second-order valence-electron chi connectivity index (χ2n) is 5.45. The fourth-order valence-corrected chi connectivity index (χ4v) is 2.46. The maximum absolute atomic E-state index is 12.5. The first-order valence-electron chi connectivity index (χ1n) is 6.99. The summed E-state index contributed by atoms with van der Waals surface area (Å²) in [5.41, 5.74) is 0.113. The summed E-state index contributed by atoms with van der Waals surface area (Å²) in [7, 11) is 1.80. The van der Waals surface area contributed by atoms with Crippen LogP contribution in [0.25, 0.3) is 0 Å². The van der Waals surface area contributed by atoms with E-state index in [4.69, 9.17) is 0 Å². The van der Waals surface area contributed by atoms with Gasteiger partial charge in [-0.1, -0.05) is 12.1 Å². The molecule has 21 heavy (non-hydrogen) atoms. The number of hydrogen-bond donors (Lipinski definition) is 0. The van der Waals surface area contributed by atoms with Crippen LogP contribution >= 0.6 is 0 Å². The summed E-state index contributed by atoms with van der Waals surface area (Å²) in [5, 5.41) is 0. The van der Waals surface area contributed by atoms with Crippen molar-refractivity contribution in [1.29, 1.82) is 0 Å². The lowest BCUT2D eigenvalue weighted by Gasteiger charge is -2.21. The number of likely N-dealkylation sites (tertiary alicyclic amines) is 1. The molecule has 0 saturated carbocycles. The Morgan fingerprint density at radius 2 is 1.76 bits per heavy atom. The minimum absolute atomic E-state index is 0.0851. The monoisotopic (exact) mass is 300 g/mol. The molecule has 1 saturated heterocycles. The Hall–Kier alpha value is -1.56.